The van der Waals surface area contributed by atoms with Crippen LogP contribution in [0.4, 0.5) is 9.39 Å². The molecule has 0 aliphatic heterocycles. The maximum absolute atomic E-state index is 12.9. The van der Waals surface area contributed by atoms with Crippen LogP contribution in [0.15, 0.2) is 29.2 Å². The Morgan fingerprint density at radius 2 is 1.92 bits per heavy atom. The number of aryl methyl sites for hydroxylation is 1. The minimum absolute atomic E-state index is 0.143. The summed E-state index contributed by atoms with van der Waals surface area (Å²) in [6.07, 6.45) is 2.46. The summed E-state index contributed by atoms with van der Waals surface area (Å²) in [6, 6.07) is 4.25. The molecule has 1 aliphatic carbocycles. The van der Waals surface area contributed by atoms with E-state index in [9.17, 15) is 22.4 Å². The van der Waals surface area contributed by atoms with Gasteiger partial charge in [0.25, 0.3) is 0 Å². The molecule has 0 spiro atoms. The molecule has 1 heterocycles. The SMILES string of the molecule is COC(=O)c1c(NC(=O)CS(=O)(=O)c2ccc(F)cc2)sc2c1CCC2. The molecule has 3 rings (SSSR count). The van der Waals surface area contributed by atoms with Crippen molar-refractivity contribution < 1.29 is 27.1 Å². The van der Waals surface area contributed by atoms with Gasteiger partial charge in [-0.15, -0.1) is 11.3 Å². The summed E-state index contributed by atoms with van der Waals surface area (Å²) >= 11 is 1.27. The number of halogens is 1. The number of hydrogen-bond acceptors (Lipinski definition) is 6. The Morgan fingerprint density at radius 1 is 1.23 bits per heavy atom. The van der Waals surface area contributed by atoms with Crippen molar-refractivity contribution in [3.63, 3.8) is 0 Å². The third-order valence-corrected chi connectivity index (χ3v) is 6.90. The Morgan fingerprint density at radius 3 is 2.58 bits per heavy atom. The van der Waals surface area contributed by atoms with Crippen LogP contribution in [0.25, 0.3) is 0 Å². The topological polar surface area (TPSA) is 89.5 Å². The number of sulfone groups is 1. The van der Waals surface area contributed by atoms with Crippen LogP contribution < -0.4 is 5.32 Å². The van der Waals surface area contributed by atoms with Crippen molar-refractivity contribution in [2.75, 3.05) is 18.2 Å². The summed E-state index contributed by atoms with van der Waals surface area (Å²) in [5.74, 6) is -2.69. The Kier molecular flexibility index (Phi) is 5.10. The molecular weight excluding hydrogens is 381 g/mol. The summed E-state index contributed by atoms with van der Waals surface area (Å²) in [4.78, 5) is 25.2. The van der Waals surface area contributed by atoms with E-state index < -0.39 is 33.3 Å². The fourth-order valence-corrected chi connectivity index (χ4v) is 5.30. The minimum Gasteiger partial charge on any atom is -0.465 e. The van der Waals surface area contributed by atoms with Gasteiger partial charge in [-0.2, -0.15) is 0 Å². The number of hydrogen-bond donors (Lipinski definition) is 1. The molecule has 0 fully saturated rings. The molecule has 1 aromatic heterocycles. The van der Waals surface area contributed by atoms with Gasteiger partial charge in [0.15, 0.2) is 9.84 Å². The van der Waals surface area contributed by atoms with Gasteiger partial charge in [-0.25, -0.2) is 17.6 Å². The highest BCUT2D eigenvalue weighted by Gasteiger charge is 2.29. The van der Waals surface area contributed by atoms with E-state index in [0.717, 1.165) is 54.0 Å². The highest BCUT2D eigenvalue weighted by Crippen LogP contribution is 2.39. The number of methoxy groups -OCH3 is 1. The smallest absolute Gasteiger partial charge is 0.341 e. The lowest BCUT2D eigenvalue weighted by atomic mass is 10.1. The van der Waals surface area contributed by atoms with E-state index in [-0.39, 0.29) is 4.90 Å². The fourth-order valence-electron chi connectivity index (χ4n) is 2.87. The zero-order valence-corrected chi connectivity index (χ0v) is 15.5. The van der Waals surface area contributed by atoms with Crippen molar-refractivity contribution in [1.29, 1.82) is 0 Å². The van der Waals surface area contributed by atoms with Crippen LogP contribution in [-0.4, -0.2) is 33.2 Å². The monoisotopic (exact) mass is 397 g/mol. The number of rotatable bonds is 5. The zero-order valence-electron chi connectivity index (χ0n) is 13.9. The maximum atomic E-state index is 12.9. The minimum atomic E-state index is -3.92. The summed E-state index contributed by atoms with van der Waals surface area (Å²) in [5, 5.41) is 2.82. The largest absolute Gasteiger partial charge is 0.465 e. The first kappa shape index (κ1) is 18.5. The molecule has 0 bridgehead atoms. The predicted molar refractivity (Wildman–Crippen MR) is 94.8 cm³/mol. The van der Waals surface area contributed by atoms with E-state index in [1.54, 1.807) is 0 Å². The van der Waals surface area contributed by atoms with Crippen LogP contribution in [0.3, 0.4) is 0 Å². The van der Waals surface area contributed by atoms with E-state index in [0.29, 0.717) is 10.6 Å². The molecule has 26 heavy (non-hydrogen) atoms. The molecule has 0 radical (unpaired) electrons. The van der Waals surface area contributed by atoms with Gasteiger partial charge in [-0.3, -0.25) is 4.79 Å². The number of anilines is 1. The van der Waals surface area contributed by atoms with Gasteiger partial charge < -0.3 is 10.1 Å². The van der Waals surface area contributed by atoms with Crippen molar-refractivity contribution in [2.24, 2.45) is 0 Å². The summed E-state index contributed by atoms with van der Waals surface area (Å²) in [6.45, 7) is 0. The lowest BCUT2D eigenvalue weighted by molar-refractivity contribution is -0.113. The van der Waals surface area contributed by atoms with Crippen molar-refractivity contribution in [1.82, 2.24) is 0 Å². The number of fused-ring (bicyclic) bond motifs is 1. The second kappa shape index (κ2) is 7.16. The van der Waals surface area contributed by atoms with Crippen LogP contribution in [-0.2, 0) is 32.2 Å². The molecule has 1 aromatic carbocycles. The van der Waals surface area contributed by atoms with Crippen molar-refractivity contribution in [3.05, 3.63) is 46.1 Å². The summed E-state index contributed by atoms with van der Waals surface area (Å²) in [5.41, 5.74) is 1.16. The Labute approximate surface area is 153 Å². The lowest BCUT2D eigenvalue weighted by Gasteiger charge is -2.08. The van der Waals surface area contributed by atoms with E-state index in [4.69, 9.17) is 4.74 Å². The number of benzene rings is 1. The van der Waals surface area contributed by atoms with Crippen LogP contribution in [0.2, 0.25) is 0 Å². The molecule has 6 nitrogen and oxygen atoms in total. The summed E-state index contributed by atoms with van der Waals surface area (Å²) in [7, 11) is -2.66. The highest BCUT2D eigenvalue weighted by atomic mass is 32.2. The standard InChI is InChI=1S/C17H16FNO5S2/c1-24-17(21)15-12-3-2-4-13(12)25-16(15)19-14(20)9-26(22,23)11-7-5-10(18)6-8-11/h5-8H,2-4,9H2,1H3,(H,19,20). The fraction of sp³-hybridized carbons (Fsp3) is 0.294. The molecule has 0 unspecified atom stereocenters. The first-order valence-electron chi connectivity index (χ1n) is 7.83. The first-order valence-corrected chi connectivity index (χ1v) is 10.3. The lowest BCUT2D eigenvalue weighted by Crippen LogP contribution is -2.23. The van der Waals surface area contributed by atoms with E-state index in [2.05, 4.69) is 5.32 Å². The van der Waals surface area contributed by atoms with Gasteiger partial charge in [0.05, 0.1) is 17.6 Å². The predicted octanol–water partition coefficient (Wildman–Crippen LogP) is 2.57. The average Bonchev–Trinajstić information content (AvgIpc) is 3.14. The van der Waals surface area contributed by atoms with Crippen LogP contribution >= 0.6 is 11.3 Å². The summed E-state index contributed by atoms with van der Waals surface area (Å²) < 4.78 is 42.3. The first-order chi connectivity index (χ1) is 12.3. The van der Waals surface area contributed by atoms with Gasteiger partial charge in [0.2, 0.25) is 5.91 Å². The van der Waals surface area contributed by atoms with Crippen molar-refractivity contribution in [3.8, 4) is 0 Å². The second-order valence-corrected chi connectivity index (χ2v) is 8.91. The molecule has 1 N–H and O–H groups in total. The number of nitrogens with one attached hydrogen (secondary N) is 1. The number of amides is 1. The maximum Gasteiger partial charge on any atom is 0.341 e. The van der Waals surface area contributed by atoms with E-state index in [1.165, 1.54) is 18.4 Å². The van der Waals surface area contributed by atoms with Gasteiger partial charge in [0, 0.05) is 4.88 Å². The Bertz CT molecular complexity index is 964. The van der Waals surface area contributed by atoms with Crippen molar-refractivity contribution >= 4 is 38.1 Å². The third-order valence-electron chi connectivity index (χ3n) is 4.06. The molecule has 0 atom stereocenters. The molecule has 0 saturated carbocycles. The number of carbonyl (C=O) groups is 2. The number of thiophene rings is 1. The molecule has 0 saturated heterocycles. The third kappa shape index (κ3) is 3.63. The highest BCUT2D eigenvalue weighted by molar-refractivity contribution is 7.92. The Hall–Kier alpha value is -2.26. The van der Waals surface area contributed by atoms with E-state index in [1.807, 2.05) is 0 Å². The molecule has 138 valence electrons. The number of esters is 1. The zero-order chi connectivity index (χ0) is 18.9. The molecular formula is C17H16FNO5S2. The van der Waals surface area contributed by atoms with Crippen molar-refractivity contribution in [2.45, 2.75) is 24.2 Å². The van der Waals surface area contributed by atoms with Crippen LogP contribution in [0.1, 0.15) is 27.2 Å². The normalized spacial score (nSPS) is 13.3. The van der Waals surface area contributed by atoms with Crippen LogP contribution in [0.5, 0.6) is 0 Å². The molecule has 2 aromatic rings. The van der Waals surface area contributed by atoms with Gasteiger partial charge in [-0.1, -0.05) is 0 Å². The second-order valence-electron chi connectivity index (χ2n) is 5.81. The van der Waals surface area contributed by atoms with E-state index >= 15 is 0 Å². The average molecular weight is 397 g/mol. The number of ether oxygens (including phenoxy) is 1. The van der Waals surface area contributed by atoms with Gasteiger partial charge in [-0.05, 0) is 49.1 Å². The van der Waals surface area contributed by atoms with Gasteiger partial charge in [0.1, 0.15) is 16.6 Å². The number of carbonyl (C=O) groups excluding carboxylic acids is 2. The molecule has 1 aliphatic rings. The Balaban J connectivity index is 1.80. The van der Waals surface area contributed by atoms with Gasteiger partial charge >= 0.3 is 5.97 Å². The quantitative estimate of drug-likeness (QED) is 0.619. The van der Waals surface area contributed by atoms with Crippen LogP contribution in [0, 0.1) is 5.82 Å². The molecule has 1 amide bonds. The molecule has 9 heteroatoms.